The molecule has 0 heterocycles. The number of carbonyl (C=O) groups is 4. The summed E-state index contributed by atoms with van der Waals surface area (Å²) in [5.74, 6) is -2.25. The first-order valence-corrected chi connectivity index (χ1v) is 42.2. The Morgan fingerprint density at radius 1 is 0.286 bits per heavy atom. The second-order valence-corrected chi connectivity index (χ2v) is 29.2. The van der Waals surface area contributed by atoms with Crippen LogP contribution in [-0.4, -0.2) is 96.7 Å². The molecule has 0 spiro atoms. The van der Waals surface area contributed by atoms with Crippen LogP contribution in [0.4, 0.5) is 0 Å². The van der Waals surface area contributed by atoms with Gasteiger partial charge in [-0.1, -0.05) is 306 Å². The van der Waals surface area contributed by atoms with E-state index in [1.54, 1.807) is 0 Å². The molecule has 98 heavy (non-hydrogen) atoms. The first kappa shape index (κ1) is 94.5. The second kappa shape index (κ2) is 71.9. The minimum absolute atomic E-state index is 0.0244. The zero-order valence-corrected chi connectivity index (χ0v) is 64.0. The van der Waals surface area contributed by atoms with E-state index in [9.17, 15) is 43.2 Å². The molecule has 17 nitrogen and oxygen atoms in total. The molecule has 0 saturated heterocycles. The van der Waals surface area contributed by atoms with Crippen molar-refractivity contribution in [2.75, 3.05) is 39.6 Å². The highest BCUT2D eigenvalue weighted by Crippen LogP contribution is 2.45. The first-order valence-electron chi connectivity index (χ1n) is 39.2. The molecule has 0 aliphatic carbocycles. The number of phosphoric acid groups is 2. The van der Waals surface area contributed by atoms with Crippen LogP contribution in [0.15, 0.2) is 72.9 Å². The number of rotatable bonds is 74. The molecule has 0 rings (SSSR count). The third-order valence-corrected chi connectivity index (χ3v) is 18.6. The molecule has 570 valence electrons. The average molecular weight is 1430 g/mol. The molecule has 0 aliphatic rings. The summed E-state index contributed by atoms with van der Waals surface area (Å²) in [5.41, 5.74) is 0. The number of ether oxygens (including phenoxy) is 4. The summed E-state index contributed by atoms with van der Waals surface area (Å²) in [5, 5.41) is 10.6. The maximum atomic E-state index is 13.1. The van der Waals surface area contributed by atoms with E-state index in [-0.39, 0.29) is 25.7 Å². The number of unbranched alkanes of at least 4 members (excludes halogenated alkanes) is 36. The van der Waals surface area contributed by atoms with Gasteiger partial charge in [0.2, 0.25) is 0 Å². The molecule has 0 fully saturated rings. The number of carbonyl (C=O) groups excluding carboxylic acids is 4. The standard InChI is InChI=1S/C79H142O17P2/c1-5-9-13-17-21-25-29-33-34-35-36-37-38-42-46-50-54-58-62-66-79(84)96-75(70-90-77(82)64-60-56-52-48-44-40-31-27-23-19-15-11-7-3)72-94-98(87,88)92-68-73(80)67-91-97(85,86)93-71-74(95-78(83)65-61-57-53-49-45-41-32-28-24-20-16-12-8-4)69-89-76(81)63-59-55-51-47-43-39-30-26-22-18-14-10-6-2/h21,25-26,30,33-34,36-37,42,46,54,58,73-75,80H,5-20,22-24,27-29,31-32,35,38-41,43-45,47-53,55-57,59-72H2,1-4H3,(H,85,86)(H,87,88)/b25-21-,30-26-,34-33-,37-36-,46-42-,58-54-/t73-,74-,75-/m1/s1. The fraction of sp³-hybridized carbons (Fsp3) is 0.797. The van der Waals surface area contributed by atoms with E-state index < -0.39 is 97.5 Å². The number of esters is 4. The Hall–Kier alpha value is -3.50. The third kappa shape index (κ3) is 70.9. The Labute approximate surface area is 596 Å². The van der Waals surface area contributed by atoms with E-state index in [0.717, 1.165) is 109 Å². The predicted octanol–water partition coefficient (Wildman–Crippen LogP) is 22.4. The van der Waals surface area contributed by atoms with Gasteiger partial charge in [-0.2, -0.15) is 0 Å². The zero-order valence-electron chi connectivity index (χ0n) is 62.2. The van der Waals surface area contributed by atoms with Crippen molar-refractivity contribution in [3.63, 3.8) is 0 Å². The lowest BCUT2D eigenvalue weighted by atomic mass is 10.0. The highest BCUT2D eigenvalue weighted by Gasteiger charge is 2.30. The number of aliphatic hydroxyl groups is 1. The first-order chi connectivity index (χ1) is 47.7. The SMILES string of the molecule is CCCCC/C=C\C/C=C\C/C=C\C/C=C\C/C=C\CCC(=O)O[C@H](COC(=O)CCCCCCCCCCCCCCC)COP(=O)(O)OC[C@H](O)COP(=O)(O)OC[C@@H](COC(=O)CCCCCCC/C=C\CCCCCC)OC(=O)CCCCCCCCCCCCCCC. The Balaban J connectivity index is 5.38. The van der Waals surface area contributed by atoms with Crippen molar-refractivity contribution in [1.82, 2.24) is 0 Å². The summed E-state index contributed by atoms with van der Waals surface area (Å²) in [6, 6.07) is 0. The Kier molecular flexibility index (Phi) is 69.3. The molecule has 0 aromatic rings. The zero-order chi connectivity index (χ0) is 71.8. The average Bonchev–Trinajstić information content (AvgIpc) is 0.982. The summed E-state index contributed by atoms with van der Waals surface area (Å²) in [6.07, 6.45) is 71.9. The summed E-state index contributed by atoms with van der Waals surface area (Å²) >= 11 is 0. The maximum Gasteiger partial charge on any atom is 0.472 e. The van der Waals surface area contributed by atoms with Crippen LogP contribution in [0.3, 0.4) is 0 Å². The van der Waals surface area contributed by atoms with E-state index in [1.807, 2.05) is 18.2 Å². The van der Waals surface area contributed by atoms with Gasteiger partial charge < -0.3 is 33.8 Å². The van der Waals surface area contributed by atoms with Crippen molar-refractivity contribution in [3.05, 3.63) is 72.9 Å². The van der Waals surface area contributed by atoms with Crippen molar-refractivity contribution in [2.45, 2.75) is 367 Å². The number of aliphatic hydroxyl groups excluding tert-OH is 1. The molecule has 0 aromatic heterocycles. The van der Waals surface area contributed by atoms with E-state index in [0.29, 0.717) is 32.1 Å². The highest BCUT2D eigenvalue weighted by molar-refractivity contribution is 7.47. The maximum absolute atomic E-state index is 13.1. The van der Waals surface area contributed by atoms with E-state index in [2.05, 4.69) is 82.4 Å². The summed E-state index contributed by atoms with van der Waals surface area (Å²) in [7, 11) is -9.96. The van der Waals surface area contributed by atoms with Crippen molar-refractivity contribution in [1.29, 1.82) is 0 Å². The summed E-state index contributed by atoms with van der Waals surface area (Å²) in [4.78, 5) is 72.8. The summed E-state index contributed by atoms with van der Waals surface area (Å²) in [6.45, 7) is 4.79. The van der Waals surface area contributed by atoms with Gasteiger partial charge >= 0.3 is 39.5 Å². The molecule has 0 aromatic carbocycles. The normalized spacial score (nSPS) is 14.3. The Morgan fingerprint density at radius 2 is 0.520 bits per heavy atom. The molecule has 5 atom stereocenters. The van der Waals surface area contributed by atoms with Crippen LogP contribution in [0.5, 0.6) is 0 Å². The topological polar surface area (TPSA) is 237 Å². The molecule has 19 heteroatoms. The monoisotopic (exact) mass is 1420 g/mol. The van der Waals surface area contributed by atoms with E-state index in [1.165, 1.54) is 154 Å². The van der Waals surface area contributed by atoms with Crippen LogP contribution in [0.25, 0.3) is 0 Å². The quantitative estimate of drug-likeness (QED) is 0.0169. The van der Waals surface area contributed by atoms with Gasteiger partial charge in [0.15, 0.2) is 12.2 Å². The van der Waals surface area contributed by atoms with Gasteiger partial charge in [-0.15, -0.1) is 0 Å². The van der Waals surface area contributed by atoms with Gasteiger partial charge in [-0.05, 0) is 89.9 Å². The third-order valence-electron chi connectivity index (χ3n) is 16.7. The van der Waals surface area contributed by atoms with Crippen LogP contribution in [0.2, 0.25) is 0 Å². The van der Waals surface area contributed by atoms with Gasteiger partial charge in [0.25, 0.3) is 0 Å². The van der Waals surface area contributed by atoms with E-state index in [4.69, 9.17) is 37.0 Å². The summed E-state index contributed by atoms with van der Waals surface area (Å²) < 4.78 is 68.4. The van der Waals surface area contributed by atoms with Crippen molar-refractivity contribution in [3.8, 4) is 0 Å². The fourth-order valence-corrected chi connectivity index (χ4v) is 12.2. The Morgan fingerprint density at radius 3 is 0.867 bits per heavy atom. The van der Waals surface area contributed by atoms with E-state index >= 15 is 0 Å². The predicted molar refractivity (Wildman–Crippen MR) is 400 cm³/mol. The minimum Gasteiger partial charge on any atom is -0.462 e. The number of allylic oxidation sites excluding steroid dienone is 12. The van der Waals surface area contributed by atoms with Gasteiger partial charge in [0, 0.05) is 25.7 Å². The van der Waals surface area contributed by atoms with Crippen LogP contribution in [0, 0.1) is 0 Å². The molecular formula is C79H142O17P2. The van der Waals surface area contributed by atoms with Crippen LogP contribution in [0.1, 0.15) is 349 Å². The molecule has 0 amide bonds. The number of phosphoric ester groups is 2. The number of hydrogen-bond donors (Lipinski definition) is 3. The molecule has 0 bridgehead atoms. The fourth-order valence-electron chi connectivity index (χ4n) is 10.7. The largest absolute Gasteiger partial charge is 0.472 e. The lowest BCUT2D eigenvalue weighted by Gasteiger charge is -2.21. The van der Waals surface area contributed by atoms with Gasteiger partial charge in [0.1, 0.15) is 19.3 Å². The lowest BCUT2D eigenvalue weighted by Crippen LogP contribution is -2.30. The highest BCUT2D eigenvalue weighted by atomic mass is 31.2. The molecule has 0 radical (unpaired) electrons. The number of hydrogen-bond acceptors (Lipinski definition) is 15. The molecular weight excluding hydrogens is 1280 g/mol. The minimum atomic E-state index is -4.99. The molecule has 0 saturated carbocycles. The van der Waals surface area contributed by atoms with Gasteiger partial charge in [-0.3, -0.25) is 37.3 Å². The lowest BCUT2D eigenvalue weighted by molar-refractivity contribution is -0.161. The van der Waals surface area contributed by atoms with Crippen molar-refractivity contribution in [2.24, 2.45) is 0 Å². The molecule has 3 N–H and O–H groups in total. The molecule has 0 aliphatic heterocycles. The van der Waals surface area contributed by atoms with Crippen LogP contribution in [-0.2, 0) is 65.4 Å². The van der Waals surface area contributed by atoms with Gasteiger partial charge in [0.05, 0.1) is 26.4 Å². The van der Waals surface area contributed by atoms with Crippen LogP contribution < -0.4 is 0 Å². The van der Waals surface area contributed by atoms with Crippen molar-refractivity contribution >= 4 is 39.5 Å². The van der Waals surface area contributed by atoms with Crippen LogP contribution >= 0.6 is 15.6 Å². The molecule has 2 unspecified atom stereocenters. The smallest absolute Gasteiger partial charge is 0.462 e. The second-order valence-electron chi connectivity index (χ2n) is 26.3. The van der Waals surface area contributed by atoms with Gasteiger partial charge in [-0.25, -0.2) is 9.13 Å². The Bertz CT molecular complexity index is 2140. The van der Waals surface area contributed by atoms with Crippen molar-refractivity contribution < 1.29 is 80.2 Å².